The van der Waals surface area contributed by atoms with Gasteiger partial charge in [-0.25, -0.2) is 9.97 Å². The summed E-state index contributed by atoms with van der Waals surface area (Å²) < 4.78 is 44.6. The molecular formula is C15H15F3N6O. The summed E-state index contributed by atoms with van der Waals surface area (Å²) in [6, 6.07) is 3.87. The van der Waals surface area contributed by atoms with Gasteiger partial charge in [-0.1, -0.05) is 0 Å². The molecule has 0 aliphatic carbocycles. The molecule has 0 bridgehead atoms. The van der Waals surface area contributed by atoms with E-state index in [0.717, 1.165) is 12.3 Å². The molecule has 0 unspecified atom stereocenters. The maximum absolute atomic E-state index is 12.5. The van der Waals surface area contributed by atoms with Crippen molar-refractivity contribution in [1.82, 2.24) is 24.6 Å². The third-order valence-corrected chi connectivity index (χ3v) is 3.29. The Morgan fingerprint density at radius 1 is 1.12 bits per heavy atom. The molecule has 3 aromatic heterocycles. The van der Waals surface area contributed by atoms with Gasteiger partial charge in [0, 0.05) is 18.5 Å². The van der Waals surface area contributed by atoms with Crippen molar-refractivity contribution in [2.45, 2.75) is 25.6 Å². The number of nitrogens with zero attached hydrogens (tertiary/aromatic N) is 5. The topological polar surface area (TPSA) is 77.2 Å². The Balaban J connectivity index is 1.66. The van der Waals surface area contributed by atoms with Crippen LogP contribution in [-0.4, -0.2) is 36.7 Å². The van der Waals surface area contributed by atoms with Crippen LogP contribution in [0.3, 0.4) is 0 Å². The molecule has 0 radical (unpaired) electrons. The van der Waals surface area contributed by atoms with Crippen LogP contribution in [0.2, 0.25) is 0 Å². The molecule has 3 heterocycles. The number of aromatic nitrogens is 5. The summed E-state index contributed by atoms with van der Waals surface area (Å²) in [4.78, 5) is 11.8. The van der Waals surface area contributed by atoms with Crippen molar-refractivity contribution in [3.05, 3.63) is 42.5 Å². The molecular weight excluding hydrogens is 337 g/mol. The number of anilines is 1. The first kappa shape index (κ1) is 16.9. The van der Waals surface area contributed by atoms with E-state index in [9.17, 15) is 13.2 Å². The first-order chi connectivity index (χ1) is 11.7. The van der Waals surface area contributed by atoms with Crippen molar-refractivity contribution in [3.63, 3.8) is 0 Å². The first-order valence-electron chi connectivity index (χ1n) is 7.34. The van der Waals surface area contributed by atoms with Gasteiger partial charge in [-0.05, 0) is 26.0 Å². The molecule has 0 amide bonds. The third-order valence-electron chi connectivity index (χ3n) is 3.29. The molecule has 0 aliphatic heterocycles. The van der Waals surface area contributed by atoms with E-state index >= 15 is 0 Å². The van der Waals surface area contributed by atoms with Crippen molar-refractivity contribution in [2.24, 2.45) is 0 Å². The number of ether oxygens (including phenoxy) is 1. The molecule has 25 heavy (non-hydrogen) atoms. The van der Waals surface area contributed by atoms with E-state index in [1.54, 1.807) is 12.3 Å². The molecule has 0 aromatic carbocycles. The Morgan fingerprint density at radius 3 is 2.60 bits per heavy atom. The minimum absolute atomic E-state index is 0.114. The largest absolute Gasteiger partial charge is 0.475 e. The highest BCUT2D eigenvalue weighted by molar-refractivity contribution is 5.44. The molecule has 1 N–H and O–H groups in total. The average molecular weight is 352 g/mol. The smallest absolute Gasteiger partial charge is 0.417 e. The molecule has 3 rings (SSSR count). The molecule has 0 saturated heterocycles. The number of alkyl halides is 3. The molecule has 132 valence electrons. The summed E-state index contributed by atoms with van der Waals surface area (Å²) in [5.74, 6) is 1.23. The van der Waals surface area contributed by atoms with Crippen LogP contribution in [0, 0.1) is 0 Å². The second-order valence-electron chi connectivity index (χ2n) is 5.98. The number of pyridine rings is 1. The predicted molar refractivity (Wildman–Crippen MR) is 83.2 cm³/mol. The Labute approximate surface area is 140 Å². The van der Waals surface area contributed by atoms with Crippen molar-refractivity contribution in [3.8, 4) is 5.88 Å². The minimum Gasteiger partial charge on any atom is -0.475 e. The van der Waals surface area contributed by atoms with E-state index in [1.165, 1.54) is 16.9 Å². The van der Waals surface area contributed by atoms with Gasteiger partial charge in [0.2, 0.25) is 5.88 Å². The van der Waals surface area contributed by atoms with Crippen molar-refractivity contribution in [2.75, 3.05) is 11.9 Å². The standard InChI is InChI=1S/C15H15F3N6O/c1-14(2,23-11-5-6-19-13-21-9-22-24(11)13)8-25-12-4-3-10(7-20-12)15(16,17)18/h3-7,9,23H,8H2,1-2H3. The highest BCUT2D eigenvalue weighted by Crippen LogP contribution is 2.29. The summed E-state index contributed by atoms with van der Waals surface area (Å²) in [5, 5.41) is 7.32. The average Bonchev–Trinajstić information content (AvgIpc) is 3.02. The fourth-order valence-corrected chi connectivity index (χ4v) is 2.10. The Morgan fingerprint density at radius 2 is 1.92 bits per heavy atom. The quantitative estimate of drug-likeness (QED) is 0.761. The van der Waals surface area contributed by atoms with Crippen LogP contribution >= 0.6 is 0 Å². The molecule has 0 atom stereocenters. The Kier molecular flexibility index (Phi) is 4.19. The number of fused-ring (bicyclic) bond motifs is 1. The number of hydrogen-bond acceptors (Lipinski definition) is 6. The number of halogens is 3. The van der Waals surface area contributed by atoms with E-state index < -0.39 is 17.3 Å². The maximum Gasteiger partial charge on any atom is 0.417 e. The molecule has 0 saturated carbocycles. The van der Waals surface area contributed by atoms with Crippen LogP contribution in [0.1, 0.15) is 19.4 Å². The Hall–Kier alpha value is -2.91. The van der Waals surface area contributed by atoms with Gasteiger partial charge in [-0.3, -0.25) is 0 Å². The summed E-state index contributed by atoms with van der Waals surface area (Å²) >= 11 is 0. The van der Waals surface area contributed by atoms with E-state index in [0.29, 0.717) is 11.6 Å². The lowest BCUT2D eigenvalue weighted by molar-refractivity contribution is -0.137. The van der Waals surface area contributed by atoms with E-state index in [-0.39, 0.29) is 12.5 Å². The maximum atomic E-state index is 12.5. The molecule has 0 aliphatic rings. The van der Waals surface area contributed by atoms with Gasteiger partial charge >= 0.3 is 6.18 Å². The third kappa shape index (κ3) is 3.95. The minimum atomic E-state index is -4.42. The fourth-order valence-electron chi connectivity index (χ4n) is 2.10. The lowest BCUT2D eigenvalue weighted by Crippen LogP contribution is -2.38. The van der Waals surface area contributed by atoms with Gasteiger partial charge in [-0.15, -0.1) is 0 Å². The normalized spacial score (nSPS) is 12.4. The number of nitrogens with one attached hydrogen (secondary N) is 1. The summed E-state index contributed by atoms with van der Waals surface area (Å²) in [6.45, 7) is 3.92. The van der Waals surface area contributed by atoms with Gasteiger partial charge in [0.05, 0.1) is 11.1 Å². The van der Waals surface area contributed by atoms with Crippen molar-refractivity contribution in [1.29, 1.82) is 0 Å². The van der Waals surface area contributed by atoms with E-state index in [2.05, 4.69) is 25.4 Å². The van der Waals surface area contributed by atoms with Crippen LogP contribution in [-0.2, 0) is 6.18 Å². The molecule has 0 fully saturated rings. The summed E-state index contributed by atoms with van der Waals surface area (Å²) in [6.07, 6.45) is -0.682. The van der Waals surface area contributed by atoms with Gasteiger partial charge in [-0.2, -0.15) is 27.8 Å². The van der Waals surface area contributed by atoms with Gasteiger partial charge < -0.3 is 10.1 Å². The molecule has 0 spiro atoms. The fraction of sp³-hybridized carbons (Fsp3) is 0.333. The van der Waals surface area contributed by atoms with Gasteiger partial charge in [0.15, 0.2) is 0 Å². The molecule has 7 nitrogen and oxygen atoms in total. The SMILES string of the molecule is CC(C)(COc1ccc(C(F)(F)F)cn1)Nc1ccnc2ncnn12. The highest BCUT2D eigenvalue weighted by Gasteiger charge is 2.30. The first-order valence-corrected chi connectivity index (χ1v) is 7.34. The Bertz CT molecular complexity index is 860. The van der Waals surface area contributed by atoms with Crippen LogP contribution in [0.15, 0.2) is 36.9 Å². The molecule has 10 heteroatoms. The number of hydrogen-bond donors (Lipinski definition) is 1. The second kappa shape index (κ2) is 6.19. The van der Waals surface area contributed by atoms with Crippen LogP contribution in [0.25, 0.3) is 5.78 Å². The lowest BCUT2D eigenvalue weighted by Gasteiger charge is -2.27. The zero-order valence-corrected chi connectivity index (χ0v) is 13.4. The zero-order valence-electron chi connectivity index (χ0n) is 13.4. The summed E-state index contributed by atoms with van der Waals surface area (Å²) in [7, 11) is 0. The summed E-state index contributed by atoms with van der Waals surface area (Å²) in [5.41, 5.74) is -1.37. The highest BCUT2D eigenvalue weighted by atomic mass is 19.4. The van der Waals surface area contributed by atoms with Crippen LogP contribution < -0.4 is 10.1 Å². The van der Waals surface area contributed by atoms with E-state index in [4.69, 9.17) is 4.74 Å². The lowest BCUT2D eigenvalue weighted by atomic mass is 10.1. The van der Waals surface area contributed by atoms with Crippen molar-refractivity contribution >= 4 is 11.6 Å². The van der Waals surface area contributed by atoms with Gasteiger partial charge in [0.1, 0.15) is 18.8 Å². The zero-order chi connectivity index (χ0) is 18.1. The van der Waals surface area contributed by atoms with Crippen LogP contribution in [0.5, 0.6) is 5.88 Å². The number of rotatable bonds is 5. The van der Waals surface area contributed by atoms with Crippen LogP contribution in [0.4, 0.5) is 19.0 Å². The molecule has 3 aromatic rings. The van der Waals surface area contributed by atoms with Crippen molar-refractivity contribution < 1.29 is 17.9 Å². The second-order valence-corrected chi connectivity index (χ2v) is 5.98. The predicted octanol–water partition coefficient (Wildman–Crippen LogP) is 2.81. The van der Waals surface area contributed by atoms with E-state index in [1.807, 2.05) is 13.8 Å². The monoisotopic (exact) mass is 352 g/mol. The van der Waals surface area contributed by atoms with Gasteiger partial charge in [0.25, 0.3) is 5.78 Å².